The first-order valence-electron chi connectivity index (χ1n) is 5.80. The van der Waals surface area contributed by atoms with Crippen molar-refractivity contribution in [1.29, 1.82) is 0 Å². The van der Waals surface area contributed by atoms with Crippen molar-refractivity contribution < 1.29 is 4.79 Å². The van der Waals surface area contributed by atoms with Gasteiger partial charge in [-0.05, 0) is 39.2 Å². The van der Waals surface area contributed by atoms with E-state index in [0.29, 0.717) is 11.3 Å². The first-order chi connectivity index (χ1) is 8.04. The van der Waals surface area contributed by atoms with E-state index >= 15 is 0 Å². The second-order valence-electron chi connectivity index (χ2n) is 4.88. The minimum atomic E-state index is -0.118. The normalized spacial score (nSPS) is 17.1. The van der Waals surface area contributed by atoms with E-state index in [1.165, 1.54) is 6.42 Å². The number of hydrogen-bond donors (Lipinski definition) is 3. The SMILES string of the molecule is Cc1cc(NN)c(C(=O)NC2(C)CCC2)cn1. The van der Waals surface area contributed by atoms with Crippen molar-refractivity contribution in [3.8, 4) is 0 Å². The van der Waals surface area contributed by atoms with E-state index in [1.807, 2.05) is 6.92 Å². The van der Waals surface area contributed by atoms with Gasteiger partial charge in [0.25, 0.3) is 5.91 Å². The Morgan fingerprint density at radius 2 is 2.24 bits per heavy atom. The number of anilines is 1. The molecule has 1 aliphatic rings. The topological polar surface area (TPSA) is 80.0 Å². The largest absolute Gasteiger partial charge is 0.347 e. The van der Waals surface area contributed by atoms with Gasteiger partial charge < -0.3 is 10.7 Å². The number of nitrogen functional groups attached to an aromatic ring is 1. The van der Waals surface area contributed by atoms with Crippen LogP contribution in [0.2, 0.25) is 0 Å². The summed E-state index contributed by atoms with van der Waals surface area (Å²) in [6, 6.07) is 1.76. The molecule has 1 aliphatic carbocycles. The number of carbonyl (C=O) groups is 1. The number of hydrazine groups is 1. The number of nitrogens with zero attached hydrogens (tertiary/aromatic N) is 1. The highest BCUT2D eigenvalue weighted by Crippen LogP contribution is 2.31. The molecule has 4 N–H and O–H groups in total. The molecule has 2 rings (SSSR count). The fourth-order valence-electron chi connectivity index (χ4n) is 2.03. The molecule has 0 aliphatic heterocycles. The number of nitrogens with two attached hydrogens (primary N) is 1. The van der Waals surface area contributed by atoms with Crippen LogP contribution in [0.15, 0.2) is 12.3 Å². The summed E-state index contributed by atoms with van der Waals surface area (Å²) in [6.07, 6.45) is 4.79. The summed E-state index contributed by atoms with van der Waals surface area (Å²) in [7, 11) is 0. The number of rotatable bonds is 3. The fraction of sp³-hybridized carbons (Fsp3) is 0.500. The molecule has 0 spiro atoms. The van der Waals surface area contributed by atoms with Crippen molar-refractivity contribution in [2.75, 3.05) is 5.43 Å². The van der Waals surface area contributed by atoms with Gasteiger partial charge in [-0.2, -0.15) is 0 Å². The van der Waals surface area contributed by atoms with Crippen molar-refractivity contribution in [1.82, 2.24) is 10.3 Å². The Kier molecular flexibility index (Phi) is 3.02. The molecule has 17 heavy (non-hydrogen) atoms. The Hall–Kier alpha value is -1.62. The minimum absolute atomic E-state index is 0.0617. The van der Waals surface area contributed by atoms with Crippen molar-refractivity contribution in [3.63, 3.8) is 0 Å². The van der Waals surface area contributed by atoms with Crippen LogP contribution in [0.4, 0.5) is 5.69 Å². The zero-order valence-electron chi connectivity index (χ0n) is 10.2. The Balaban J connectivity index is 2.18. The van der Waals surface area contributed by atoms with E-state index in [4.69, 9.17) is 5.84 Å². The number of carbonyl (C=O) groups excluding carboxylic acids is 1. The molecule has 0 radical (unpaired) electrons. The highest BCUT2D eigenvalue weighted by atomic mass is 16.1. The summed E-state index contributed by atoms with van der Waals surface area (Å²) < 4.78 is 0. The van der Waals surface area contributed by atoms with E-state index in [0.717, 1.165) is 18.5 Å². The van der Waals surface area contributed by atoms with Gasteiger partial charge in [-0.25, -0.2) is 0 Å². The Bertz CT molecular complexity index is 440. The average Bonchev–Trinajstić information content (AvgIpc) is 2.26. The number of pyridine rings is 1. The number of hydrogen-bond acceptors (Lipinski definition) is 4. The van der Waals surface area contributed by atoms with Crippen molar-refractivity contribution in [2.24, 2.45) is 5.84 Å². The number of amides is 1. The Morgan fingerprint density at radius 3 is 2.76 bits per heavy atom. The summed E-state index contributed by atoms with van der Waals surface area (Å²) >= 11 is 0. The number of aromatic nitrogens is 1. The first kappa shape index (κ1) is 11.9. The average molecular weight is 234 g/mol. The summed E-state index contributed by atoms with van der Waals surface area (Å²) in [5, 5.41) is 3.03. The molecule has 0 bridgehead atoms. The monoisotopic (exact) mass is 234 g/mol. The van der Waals surface area contributed by atoms with Gasteiger partial charge in [0.15, 0.2) is 0 Å². The van der Waals surface area contributed by atoms with Crippen molar-refractivity contribution in [3.05, 3.63) is 23.5 Å². The van der Waals surface area contributed by atoms with Gasteiger partial charge in [0, 0.05) is 17.4 Å². The highest BCUT2D eigenvalue weighted by molar-refractivity contribution is 5.99. The lowest BCUT2D eigenvalue weighted by Gasteiger charge is -2.39. The molecule has 0 atom stereocenters. The maximum atomic E-state index is 12.1. The second kappa shape index (κ2) is 4.33. The maximum absolute atomic E-state index is 12.1. The molecule has 0 unspecified atom stereocenters. The molecule has 92 valence electrons. The highest BCUT2D eigenvalue weighted by Gasteiger charge is 2.33. The predicted molar refractivity (Wildman–Crippen MR) is 66.5 cm³/mol. The van der Waals surface area contributed by atoms with Crippen LogP contribution in [0.5, 0.6) is 0 Å². The van der Waals surface area contributed by atoms with Crippen LogP contribution in [-0.2, 0) is 0 Å². The quantitative estimate of drug-likeness (QED) is 0.545. The summed E-state index contributed by atoms with van der Waals surface area (Å²) in [5.41, 5.74) is 4.40. The van der Waals surface area contributed by atoms with Crippen LogP contribution in [0.1, 0.15) is 42.2 Å². The van der Waals surface area contributed by atoms with Crippen LogP contribution >= 0.6 is 0 Å². The number of nitrogens with one attached hydrogen (secondary N) is 2. The number of aryl methyl sites for hydroxylation is 1. The zero-order valence-corrected chi connectivity index (χ0v) is 10.2. The molecule has 1 aromatic rings. The van der Waals surface area contributed by atoms with Crippen LogP contribution < -0.4 is 16.6 Å². The standard InChI is InChI=1S/C12H18N4O/c1-8-6-10(16-13)9(7-14-8)11(17)15-12(2)4-3-5-12/h6-7H,3-5,13H2,1-2H3,(H,14,16)(H,15,17). The van der Waals surface area contributed by atoms with Crippen molar-refractivity contribution in [2.45, 2.75) is 38.6 Å². The maximum Gasteiger partial charge on any atom is 0.255 e. The van der Waals surface area contributed by atoms with Gasteiger partial charge >= 0.3 is 0 Å². The van der Waals surface area contributed by atoms with Gasteiger partial charge in [-0.1, -0.05) is 0 Å². The van der Waals surface area contributed by atoms with Crippen LogP contribution in [0.3, 0.4) is 0 Å². The zero-order chi connectivity index (χ0) is 12.5. The van der Waals surface area contributed by atoms with Crippen LogP contribution in [0.25, 0.3) is 0 Å². The molecule has 1 fully saturated rings. The fourth-order valence-corrected chi connectivity index (χ4v) is 2.03. The van der Waals surface area contributed by atoms with Gasteiger partial charge in [-0.3, -0.25) is 15.6 Å². The van der Waals surface area contributed by atoms with Gasteiger partial charge in [0.05, 0.1) is 11.3 Å². The predicted octanol–water partition coefficient (Wildman–Crippen LogP) is 1.35. The van der Waals surface area contributed by atoms with Crippen LogP contribution in [0, 0.1) is 6.92 Å². The summed E-state index contributed by atoms with van der Waals surface area (Å²) in [5.74, 6) is 5.29. The van der Waals surface area contributed by atoms with E-state index in [9.17, 15) is 4.79 Å². The molecule has 5 heteroatoms. The van der Waals surface area contributed by atoms with E-state index in [-0.39, 0.29) is 11.4 Å². The first-order valence-corrected chi connectivity index (χ1v) is 5.80. The molecule has 1 saturated carbocycles. The summed E-state index contributed by atoms with van der Waals surface area (Å²) in [6.45, 7) is 3.92. The molecule has 1 heterocycles. The van der Waals surface area contributed by atoms with E-state index in [2.05, 4.69) is 22.7 Å². The minimum Gasteiger partial charge on any atom is -0.347 e. The molecule has 0 saturated heterocycles. The Labute approximate surface area is 101 Å². The van der Waals surface area contributed by atoms with Gasteiger partial charge in [0.2, 0.25) is 0 Å². The molecule has 1 amide bonds. The molecule has 1 aromatic heterocycles. The molecule has 0 aromatic carbocycles. The summed E-state index contributed by atoms with van der Waals surface area (Å²) in [4.78, 5) is 16.2. The smallest absolute Gasteiger partial charge is 0.255 e. The van der Waals surface area contributed by atoms with E-state index < -0.39 is 0 Å². The van der Waals surface area contributed by atoms with Gasteiger partial charge in [-0.15, -0.1) is 0 Å². The molecular weight excluding hydrogens is 216 g/mol. The molecule has 5 nitrogen and oxygen atoms in total. The lowest BCUT2D eigenvalue weighted by molar-refractivity contribution is 0.0851. The van der Waals surface area contributed by atoms with E-state index in [1.54, 1.807) is 12.3 Å². The third-order valence-corrected chi connectivity index (χ3v) is 3.31. The third kappa shape index (κ3) is 2.39. The second-order valence-corrected chi connectivity index (χ2v) is 4.88. The van der Waals surface area contributed by atoms with Crippen molar-refractivity contribution >= 4 is 11.6 Å². The third-order valence-electron chi connectivity index (χ3n) is 3.31. The Morgan fingerprint density at radius 1 is 1.53 bits per heavy atom. The molecular formula is C12H18N4O. The van der Waals surface area contributed by atoms with Crippen LogP contribution in [-0.4, -0.2) is 16.4 Å². The van der Waals surface area contributed by atoms with Gasteiger partial charge in [0.1, 0.15) is 0 Å². The lowest BCUT2D eigenvalue weighted by atomic mass is 9.78. The lowest BCUT2D eigenvalue weighted by Crippen LogP contribution is -2.51.